The van der Waals surface area contributed by atoms with E-state index in [4.69, 9.17) is 18.9 Å². The van der Waals surface area contributed by atoms with Crippen LogP contribution in [0.4, 0.5) is 0 Å². The van der Waals surface area contributed by atoms with E-state index in [1.165, 1.54) is 7.11 Å². The predicted molar refractivity (Wildman–Crippen MR) is 54.4 cm³/mol. The zero-order valence-electron chi connectivity index (χ0n) is 9.60. The number of methoxy groups -OCH3 is 2. The lowest BCUT2D eigenvalue weighted by molar-refractivity contribution is -0.134. The summed E-state index contributed by atoms with van der Waals surface area (Å²) in [6.45, 7) is 2.89. The van der Waals surface area contributed by atoms with Crippen molar-refractivity contribution < 1.29 is 23.7 Å². The number of hydrogen-bond acceptors (Lipinski definition) is 5. The molecule has 0 rings (SSSR count). The van der Waals surface area contributed by atoms with E-state index in [0.717, 1.165) is 12.7 Å². The topological polar surface area (TPSA) is 54.0 Å². The minimum absolute atomic E-state index is 0.106. The first-order valence-corrected chi connectivity index (χ1v) is 4.88. The third-order valence-electron chi connectivity index (χ3n) is 1.99. The van der Waals surface area contributed by atoms with Crippen molar-refractivity contribution in [3.05, 3.63) is 0 Å². The molecule has 0 aromatic rings. The maximum Gasteiger partial charge on any atom is 0.149 e. The van der Waals surface area contributed by atoms with Crippen LogP contribution in [0, 0.1) is 5.92 Å². The Morgan fingerprint density at radius 3 is 2.40 bits per heavy atom. The molecule has 0 aliphatic carbocycles. The molecule has 0 aromatic heterocycles. The van der Waals surface area contributed by atoms with E-state index in [2.05, 4.69) is 0 Å². The molecule has 0 aliphatic heterocycles. The van der Waals surface area contributed by atoms with Crippen LogP contribution in [0.5, 0.6) is 0 Å². The fourth-order valence-corrected chi connectivity index (χ4v) is 1.06. The third-order valence-corrected chi connectivity index (χ3v) is 1.99. The van der Waals surface area contributed by atoms with Crippen LogP contribution in [-0.2, 0) is 23.7 Å². The molecule has 0 aromatic carbocycles. The Morgan fingerprint density at radius 2 is 1.87 bits per heavy atom. The molecule has 5 nitrogen and oxygen atoms in total. The molecule has 0 heterocycles. The number of hydrogen-bond donors (Lipinski definition) is 0. The van der Waals surface area contributed by atoms with Crippen LogP contribution >= 0.6 is 0 Å². The SMILES string of the molecule is COCOCC[C@@H](C)[C@H](C=O)OCOC. The van der Waals surface area contributed by atoms with Gasteiger partial charge in [0.15, 0.2) is 0 Å². The Hall–Kier alpha value is -0.490. The van der Waals surface area contributed by atoms with Gasteiger partial charge >= 0.3 is 0 Å². The van der Waals surface area contributed by atoms with Gasteiger partial charge in [-0.05, 0) is 12.3 Å². The number of carbonyl (C=O) groups is 1. The highest BCUT2D eigenvalue weighted by atomic mass is 16.7. The molecule has 0 amide bonds. The Labute approximate surface area is 90.6 Å². The molecular formula is C10H20O5. The van der Waals surface area contributed by atoms with Gasteiger partial charge in [0.2, 0.25) is 0 Å². The van der Waals surface area contributed by atoms with Gasteiger partial charge in [-0.25, -0.2) is 0 Å². The Kier molecular flexibility index (Phi) is 9.71. The molecule has 0 radical (unpaired) electrons. The van der Waals surface area contributed by atoms with Crippen molar-refractivity contribution in [3.8, 4) is 0 Å². The maximum absolute atomic E-state index is 10.7. The number of carbonyl (C=O) groups excluding carboxylic acids is 1. The molecule has 15 heavy (non-hydrogen) atoms. The summed E-state index contributed by atoms with van der Waals surface area (Å²) in [7, 11) is 3.09. The highest BCUT2D eigenvalue weighted by Gasteiger charge is 2.16. The quantitative estimate of drug-likeness (QED) is 0.310. The molecule has 0 unspecified atom stereocenters. The van der Waals surface area contributed by atoms with Crippen LogP contribution in [0.3, 0.4) is 0 Å². The van der Waals surface area contributed by atoms with Crippen LogP contribution in [0.1, 0.15) is 13.3 Å². The average Bonchev–Trinajstić information content (AvgIpc) is 2.25. The minimum Gasteiger partial charge on any atom is -0.359 e. The van der Waals surface area contributed by atoms with Gasteiger partial charge in [0.25, 0.3) is 0 Å². The van der Waals surface area contributed by atoms with E-state index in [9.17, 15) is 4.79 Å². The average molecular weight is 220 g/mol. The van der Waals surface area contributed by atoms with E-state index in [1.54, 1.807) is 7.11 Å². The second-order valence-corrected chi connectivity index (χ2v) is 3.25. The van der Waals surface area contributed by atoms with E-state index in [0.29, 0.717) is 6.61 Å². The number of ether oxygens (including phenoxy) is 4. The van der Waals surface area contributed by atoms with Gasteiger partial charge in [0.05, 0.1) is 0 Å². The molecule has 2 atom stereocenters. The van der Waals surface area contributed by atoms with Gasteiger partial charge in [-0.1, -0.05) is 6.92 Å². The zero-order valence-corrected chi connectivity index (χ0v) is 9.60. The summed E-state index contributed by atoms with van der Waals surface area (Å²) >= 11 is 0. The van der Waals surface area contributed by atoms with Crippen LogP contribution in [0.2, 0.25) is 0 Å². The molecule has 0 fully saturated rings. The summed E-state index contributed by atoms with van der Waals surface area (Å²) < 4.78 is 19.8. The van der Waals surface area contributed by atoms with Crippen molar-refractivity contribution >= 4 is 6.29 Å². The molecule has 0 aliphatic rings. The first-order valence-electron chi connectivity index (χ1n) is 4.88. The second-order valence-electron chi connectivity index (χ2n) is 3.25. The lowest BCUT2D eigenvalue weighted by Crippen LogP contribution is -2.25. The van der Waals surface area contributed by atoms with Crippen molar-refractivity contribution in [1.29, 1.82) is 0 Å². The summed E-state index contributed by atoms with van der Waals surface area (Å²) in [5, 5.41) is 0. The number of aldehydes is 1. The smallest absolute Gasteiger partial charge is 0.149 e. The van der Waals surface area contributed by atoms with Crippen LogP contribution < -0.4 is 0 Å². The largest absolute Gasteiger partial charge is 0.359 e. The van der Waals surface area contributed by atoms with Crippen LogP contribution in [-0.4, -0.2) is 46.8 Å². The Morgan fingerprint density at radius 1 is 1.20 bits per heavy atom. The van der Waals surface area contributed by atoms with Crippen molar-refractivity contribution in [1.82, 2.24) is 0 Å². The fourth-order valence-electron chi connectivity index (χ4n) is 1.06. The molecule has 90 valence electrons. The fraction of sp³-hybridized carbons (Fsp3) is 0.900. The highest BCUT2D eigenvalue weighted by Crippen LogP contribution is 2.10. The van der Waals surface area contributed by atoms with Gasteiger partial charge < -0.3 is 23.7 Å². The lowest BCUT2D eigenvalue weighted by Gasteiger charge is -2.18. The van der Waals surface area contributed by atoms with Crippen molar-refractivity contribution in [2.24, 2.45) is 5.92 Å². The van der Waals surface area contributed by atoms with E-state index >= 15 is 0 Å². The molecular weight excluding hydrogens is 200 g/mol. The Balaban J connectivity index is 3.62. The first kappa shape index (κ1) is 14.5. The van der Waals surface area contributed by atoms with Crippen LogP contribution in [0.25, 0.3) is 0 Å². The van der Waals surface area contributed by atoms with Gasteiger partial charge in [0.1, 0.15) is 26.0 Å². The van der Waals surface area contributed by atoms with Crippen molar-refractivity contribution in [2.75, 3.05) is 34.4 Å². The third kappa shape index (κ3) is 7.44. The zero-order chi connectivity index (χ0) is 11.5. The number of rotatable bonds is 10. The van der Waals surface area contributed by atoms with E-state index < -0.39 is 6.10 Å². The summed E-state index contributed by atoms with van der Waals surface area (Å²) in [6.07, 6.45) is 1.10. The normalized spacial score (nSPS) is 14.9. The van der Waals surface area contributed by atoms with E-state index in [1.807, 2.05) is 6.92 Å². The van der Waals surface area contributed by atoms with Gasteiger partial charge in [-0.2, -0.15) is 0 Å². The molecule has 0 saturated carbocycles. The Bertz CT molecular complexity index is 151. The summed E-state index contributed by atoms with van der Waals surface area (Å²) in [6, 6.07) is 0. The van der Waals surface area contributed by atoms with Crippen molar-refractivity contribution in [2.45, 2.75) is 19.4 Å². The lowest BCUT2D eigenvalue weighted by atomic mass is 10.0. The van der Waals surface area contributed by atoms with Gasteiger partial charge in [-0.3, -0.25) is 0 Å². The molecule has 0 spiro atoms. The molecule has 0 N–H and O–H groups in total. The first-order chi connectivity index (χ1) is 7.26. The second kappa shape index (κ2) is 10.0. The van der Waals surface area contributed by atoms with Crippen LogP contribution in [0.15, 0.2) is 0 Å². The predicted octanol–water partition coefficient (Wildman–Crippen LogP) is 0.821. The van der Waals surface area contributed by atoms with Crippen molar-refractivity contribution in [3.63, 3.8) is 0 Å². The minimum atomic E-state index is -0.434. The monoisotopic (exact) mass is 220 g/mol. The summed E-state index contributed by atoms with van der Waals surface area (Å²) in [5.74, 6) is 0.106. The highest BCUT2D eigenvalue weighted by molar-refractivity contribution is 5.56. The summed E-state index contributed by atoms with van der Waals surface area (Å²) in [4.78, 5) is 10.7. The molecule has 0 saturated heterocycles. The summed E-state index contributed by atoms with van der Waals surface area (Å²) in [5.41, 5.74) is 0. The van der Waals surface area contributed by atoms with Gasteiger partial charge in [0, 0.05) is 20.8 Å². The molecule has 5 heteroatoms. The standard InChI is InChI=1S/C10H20O5/c1-9(4-5-14-7-12-2)10(6-11)15-8-13-3/h6,9-10H,4-5,7-8H2,1-3H3/t9-,10+/m1/s1. The maximum atomic E-state index is 10.7. The molecule has 0 bridgehead atoms. The van der Waals surface area contributed by atoms with Gasteiger partial charge in [-0.15, -0.1) is 0 Å². The van der Waals surface area contributed by atoms with E-state index in [-0.39, 0.29) is 19.5 Å².